The van der Waals surface area contributed by atoms with E-state index in [4.69, 9.17) is 5.73 Å². The van der Waals surface area contributed by atoms with Crippen LogP contribution in [-0.2, 0) is 23.0 Å². The molecule has 0 aromatic carbocycles. The maximum atomic E-state index is 11.8. The second kappa shape index (κ2) is 5.13. The van der Waals surface area contributed by atoms with Crippen LogP contribution in [0.4, 0.5) is 0 Å². The molecule has 0 atom stereocenters. The molecule has 0 aliphatic carbocycles. The number of halogens is 1. The fraction of sp³-hybridized carbons (Fsp3) is 0.625. The van der Waals surface area contributed by atoms with E-state index in [2.05, 4.69) is 9.71 Å². The van der Waals surface area contributed by atoms with Gasteiger partial charge >= 0.3 is 0 Å². The van der Waals surface area contributed by atoms with E-state index >= 15 is 0 Å². The molecule has 2 rings (SSSR count). The molecule has 6 nitrogen and oxygen atoms in total. The summed E-state index contributed by atoms with van der Waals surface area (Å²) in [5.41, 5.74) is 5.25. The Morgan fingerprint density at radius 2 is 2.31 bits per heavy atom. The second-order valence-corrected chi connectivity index (χ2v) is 5.17. The van der Waals surface area contributed by atoms with Gasteiger partial charge in [-0.3, -0.25) is 0 Å². The first-order chi connectivity index (χ1) is 7.15. The molecule has 1 aromatic heterocycles. The molecule has 0 spiro atoms. The largest absolute Gasteiger partial charge is 0.329 e. The van der Waals surface area contributed by atoms with Gasteiger partial charge in [-0.2, -0.15) is 0 Å². The van der Waals surface area contributed by atoms with E-state index < -0.39 is 10.0 Å². The summed E-state index contributed by atoms with van der Waals surface area (Å²) >= 11 is 0. The molecule has 2 heterocycles. The molecule has 0 radical (unpaired) electrons. The lowest BCUT2D eigenvalue weighted by molar-refractivity contribution is 0.565. The molecule has 0 fully saturated rings. The van der Waals surface area contributed by atoms with Crippen LogP contribution in [0.25, 0.3) is 0 Å². The summed E-state index contributed by atoms with van der Waals surface area (Å²) in [6.45, 7) is 1.28. The predicted molar refractivity (Wildman–Crippen MR) is 62.0 cm³/mol. The van der Waals surface area contributed by atoms with Gasteiger partial charge in [0.1, 0.15) is 5.82 Å². The molecule has 16 heavy (non-hydrogen) atoms. The van der Waals surface area contributed by atoms with Crippen molar-refractivity contribution in [2.75, 3.05) is 13.1 Å². The van der Waals surface area contributed by atoms with E-state index in [0.717, 1.165) is 25.2 Å². The summed E-state index contributed by atoms with van der Waals surface area (Å²) in [6.07, 6.45) is 3.22. The molecule has 1 aliphatic rings. The number of rotatable bonds is 4. The second-order valence-electron chi connectivity index (χ2n) is 3.45. The fourth-order valence-electron chi connectivity index (χ4n) is 1.71. The quantitative estimate of drug-likeness (QED) is 0.768. The Bertz CT molecular complexity index is 457. The van der Waals surface area contributed by atoms with Gasteiger partial charge in [0, 0.05) is 26.1 Å². The number of nitrogens with two attached hydrogens (primary N) is 1. The van der Waals surface area contributed by atoms with Crippen LogP contribution in [0.5, 0.6) is 0 Å². The SMILES string of the molecule is Cl.NCCNS(=O)(=O)c1cnc2n1CCC2. The van der Waals surface area contributed by atoms with Crippen LogP contribution in [0.2, 0.25) is 0 Å². The van der Waals surface area contributed by atoms with Crippen molar-refractivity contribution < 1.29 is 8.42 Å². The molecule has 8 heteroatoms. The van der Waals surface area contributed by atoms with Crippen LogP contribution >= 0.6 is 12.4 Å². The van der Waals surface area contributed by atoms with Crippen molar-refractivity contribution in [3.8, 4) is 0 Å². The number of sulfonamides is 1. The highest BCUT2D eigenvalue weighted by Gasteiger charge is 2.24. The highest BCUT2D eigenvalue weighted by molar-refractivity contribution is 7.89. The average Bonchev–Trinajstić information content (AvgIpc) is 2.74. The standard InChI is InChI=1S/C8H14N4O2S.ClH/c9-3-4-11-15(13,14)8-6-10-7-2-1-5-12(7)8;/h6,11H,1-5,9H2;1H. The van der Waals surface area contributed by atoms with Gasteiger partial charge in [0.2, 0.25) is 0 Å². The van der Waals surface area contributed by atoms with E-state index in [1.807, 2.05) is 0 Å². The van der Waals surface area contributed by atoms with Crippen LogP contribution in [0.15, 0.2) is 11.2 Å². The van der Waals surface area contributed by atoms with Crippen LogP contribution in [0.1, 0.15) is 12.2 Å². The van der Waals surface area contributed by atoms with Crippen molar-refractivity contribution in [1.29, 1.82) is 0 Å². The summed E-state index contributed by atoms with van der Waals surface area (Å²) in [5.74, 6) is 0.850. The Balaban J connectivity index is 0.00000128. The van der Waals surface area contributed by atoms with Crippen molar-refractivity contribution in [3.05, 3.63) is 12.0 Å². The molecule has 0 bridgehead atoms. The summed E-state index contributed by atoms with van der Waals surface area (Å²) in [4.78, 5) is 4.08. The summed E-state index contributed by atoms with van der Waals surface area (Å²) in [5, 5.41) is 0.253. The Hall–Kier alpha value is -0.630. The zero-order valence-corrected chi connectivity index (χ0v) is 10.4. The van der Waals surface area contributed by atoms with Gasteiger partial charge in [-0.1, -0.05) is 0 Å². The Morgan fingerprint density at radius 3 is 3.00 bits per heavy atom. The maximum absolute atomic E-state index is 11.8. The van der Waals surface area contributed by atoms with Crippen molar-refractivity contribution in [2.45, 2.75) is 24.4 Å². The number of aromatic nitrogens is 2. The molecular weight excluding hydrogens is 252 g/mol. The first-order valence-corrected chi connectivity index (χ1v) is 6.37. The highest BCUT2D eigenvalue weighted by atomic mass is 35.5. The van der Waals surface area contributed by atoms with Crippen LogP contribution in [-0.4, -0.2) is 31.1 Å². The van der Waals surface area contributed by atoms with Gasteiger partial charge in [-0.05, 0) is 6.42 Å². The number of hydrogen-bond donors (Lipinski definition) is 2. The van der Waals surface area contributed by atoms with Crippen LogP contribution in [0, 0.1) is 0 Å². The molecule has 1 aliphatic heterocycles. The Kier molecular flexibility index (Phi) is 4.31. The smallest absolute Gasteiger partial charge is 0.257 e. The van der Waals surface area contributed by atoms with Gasteiger partial charge in [0.25, 0.3) is 10.0 Å². The topological polar surface area (TPSA) is 90.0 Å². The van der Waals surface area contributed by atoms with Crippen LogP contribution < -0.4 is 10.5 Å². The van der Waals surface area contributed by atoms with Crippen molar-refractivity contribution in [1.82, 2.24) is 14.3 Å². The number of nitrogens with zero attached hydrogens (tertiary/aromatic N) is 2. The minimum Gasteiger partial charge on any atom is -0.329 e. The summed E-state index contributed by atoms with van der Waals surface area (Å²) in [7, 11) is -3.43. The maximum Gasteiger partial charge on any atom is 0.257 e. The normalized spacial score (nSPS) is 14.6. The van der Waals surface area contributed by atoms with E-state index in [9.17, 15) is 8.42 Å². The number of nitrogens with one attached hydrogen (secondary N) is 1. The van der Waals surface area contributed by atoms with Crippen molar-refractivity contribution in [2.24, 2.45) is 5.73 Å². The molecule has 0 unspecified atom stereocenters. The third-order valence-corrected chi connectivity index (χ3v) is 3.86. The summed E-state index contributed by atoms with van der Waals surface area (Å²) in [6, 6.07) is 0. The molecule has 1 aromatic rings. The molecule has 0 saturated heterocycles. The lowest BCUT2D eigenvalue weighted by atomic mass is 10.4. The molecule has 0 amide bonds. The van der Waals surface area contributed by atoms with Gasteiger partial charge in [0.15, 0.2) is 5.03 Å². The lowest BCUT2D eigenvalue weighted by Gasteiger charge is -2.06. The predicted octanol–water partition coefficient (Wildman–Crippen LogP) is -0.512. The zero-order chi connectivity index (χ0) is 10.9. The van der Waals surface area contributed by atoms with E-state index in [0.29, 0.717) is 6.54 Å². The summed E-state index contributed by atoms with van der Waals surface area (Å²) < 4.78 is 27.7. The van der Waals surface area contributed by atoms with Gasteiger partial charge in [-0.15, -0.1) is 12.4 Å². The van der Waals surface area contributed by atoms with Crippen molar-refractivity contribution in [3.63, 3.8) is 0 Å². The number of hydrogen-bond acceptors (Lipinski definition) is 4. The van der Waals surface area contributed by atoms with Crippen LogP contribution in [0.3, 0.4) is 0 Å². The number of imidazole rings is 1. The van der Waals surface area contributed by atoms with E-state index in [1.165, 1.54) is 6.20 Å². The first kappa shape index (κ1) is 13.4. The minimum absolute atomic E-state index is 0. The van der Waals surface area contributed by atoms with Crippen molar-refractivity contribution >= 4 is 22.4 Å². The highest BCUT2D eigenvalue weighted by Crippen LogP contribution is 2.19. The molecule has 3 N–H and O–H groups in total. The monoisotopic (exact) mass is 266 g/mol. The number of fused-ring (bicyclic) bond motifs is 1. The molecule has 0 saturated carbocycles. The first-order valence-electron chi connectivity index (χ1n) is 4.89. The van der Waals surface area contributed by atoms with E-state index in [1.54, 1.807) is 4.57 Å². The van der Waals surface area contributed by atoms with Gasteiger partial charge < -0.3 is 10.3 Å². The minimum atomic E-state index is -3.43. The fourth-order valence-corrected chi connectivity index (χ4v) is 2.92. The Morgan fingerprint density at radius 1 is 1.56 bits per heavy atom. The lowest BCUT2D eigenvalue weighted by Crippen LogP contribution is -2.30. The van der Waals surface area contributed by atoms with Gasteiger partial charge in [0.05, 0.1) is 6.20 Å². The van der Waals surface area contributed by atoms with E-state index in [-0.39, 0.29) is 24.0 Å². The van der Waals surface area contributed by atoms with Gasteiger partial charge in [-0.25, -0.2) is 18.1 Å². The average molecular weight is 267 g/mol. The Labute approximate surface area is 101 Å². The number of aryl methyl sites for hydroxylation is 1. The molecule has 92 valence electrons. The zero-order valence-electron chi connectivity index (χ0n) is 8.72. The third kappa shape index (κ3) is 2.37. The molecular formula is C8H15ClN4O2S. The third-order valence-electron chi connectivity index (χ3n) is 2.40.